The van der Waals surface area contributed by atoms with E-state index in [9.17, 15) is 19.2 Å². The molecule has 1 N–H and O–H groups in total. The molecule has 0 fully saturated rings. The minimum Gasteiger partial charge on any atom is -0.456 e. The van der Waals surface area contributed by atoms with Crippen molar-refractivity contribution in [1.29, 1.82) is 0 Å². The minimum absolute atomic E-state index is 0.0567. The lowest BCUT2D eigenvalue weighted by molar-refractivity contribution is -0.147. The fourth-order valence-electron chi connectivity index (χ4n) is 3.61. The molecule has 35 heavy (non-hydrogen) atoms. The Morgan fingerprint density at radius 1 is 0.886 bits per heavy atom. The molecule has 0 aliphatic carbocycles. The van der Waals surface area contributed by atoms with Crippen molar-refractivity contribution in [2.24, 2.45) is 0 Å². The zero-order valence-electron chi connectivity index (χ0n) is 19.0. The number of nitrogens with one attached hydrogen (secondary N) is 1. The molecule has 0 saturated heterocycles. The van der Waals surface area contributed by atoms with Crippen LogP contribution in [0.3, 0.4) is 0 Å². The fourth-order valence-corrected chi connectivity index (χ4v) is 4.62. The third-order valence-corrected chi connectivity index (χ3v) is 7.49. The van der Waals surface area contributed by atoms with Gasteiger partial charge in [-0.25, -0.2) is 0 Å². The molecular weight excluding hydrogens is 538 g/mol. The number of hydrogen-bond donors (Lipinski definition) is 1. The monoisotopic (exact) mass is 558 g/mol. The van der Waals surface area contributed by atoms with E-state index in [0.717, 1.165) is 16.0 Å². The highest BCUT2D eigenvalue weighted by Gasteiger charge is 2.41. The van der Waals surface area contributed by atoms with E-state index in [2.05, 4.69) is 5.32 Å². The predicted molar refractivity (Wildman–Crippen MR) is 136 cm³/mol. The maximum Gasteiger partial charge on any atom is 0.306 e. The van der Waals surface area contributed by atoms with Crippen LogP contribution in [0.15, 0.2) is 18.2 Å². The van der Waals surface area contributed by atoms with E-state index < -0.39 is 23.7 Å². The first-order valence-corrected chi connectivity index (χ1v) is 12.3. The number of amides is 3. The highest BCUT2D eigenvalue weighted by molar-refractivity contribution is 6.55. The lowest BCUT2D eigenvalue weighted by Crippen LogP contribution is -2.30. The lowest BCUT2D eigenvalue weighted by atomic mass is 10.1. The van der Waals surface area contributed by atoms with E-state index in [4.69, 9.17) is 51.1 Å². The van der Waals surface area contributed by atoms with Gasteiger partial charge >= 0.3 is 5.97 Å². The maximum atomic E-state index is 12.7. The summed E-state index contributed by atoms with van der Waals surface area (Å²) < 4.78 is 5.03. The number of fused-ring (bicyclic) bond motifs is 1. The van der Waals surface area contributed by atoms with Crippen molar-refractivity contribution in [3.05, 3.63) is 60.5 Å². The summed E-state index contributed by atoms with van der Waals surface area (Å²) in [6, 6.07) is 5.55. The molecule has 2 aromatic rings. The molecule has 1 aliphatic heterocycles. The largest absolute Gasteiger partial charge is 0.456 e. The average molecular weight is 560 g/mol. The number of aryl methyl sites for hydroxylation is 1. The summed E-state index contributed by atoms with van der Waals surface area (Å²) >= 11 is 24.2. The number of carbonyl (C=O) groups is 4. The van der Waals surface area contributed by atoms with Crippen molar-refractivity contribution in [2.75, 3.05) is 18.5 Å². The first-order valence-electron chi connectivity index (χ1n) is 10.8. The molecule has 0 unspecified atom stereocenters. The maximum absolute atomic E-state index is 12.7. The van der Waals surface area contributed by atoms with Gasteiger partial charge in [-0.2, -0.15) is 0 Å². The van der Waals surface area contributed by atoms with Crippen molar-refractivity contribution < 1.29 is 23.9 Å². The second-order valence-corrected chi connectivity index (χ2v) is 9.55. The van der Waals surface area contributed by atoms with Crippen molar-refractivity contribution in [1.82, 2.24) is 4.90 Å². The number of halogens is 4. The molecule has 3 rings (SSSR count). The predicted octanol–water partition coefficient (Wildman–Crippen LogP) is 6.26. The van der Waals surface area contributed by atoms with Crippen LogP contribution in [0, 0.1) is 13.8 Å². The van der Waals surface area contributed by atoms with Gasteiger partial charge in [0.15, 0.2) is 6.61 Å². The van der Waals surface area contributed by atoms with Gasteiger partial charge in [0.2, 0.25) is 0 Å². The summed E-state index contributed by atoms with van der Waals surface area (Å²) in [7, 11) is 0. The van der Waals surface area contributed by atoms with Crippen molar-refractivity contribution >= 4 is 75.8 Å². The van der Waals surface area contributed by atoms with Crippen LogP contribution >= 0.6 is 46.4 Å². The molecule has 0 spiro atoms. The molecule has 1 aliphatic rings. The molecule has 11 heteroatoms. The zero-order chi connectivity index (χ0) is 25.9. The first-order chi connectivity index (χ1) is 16.5. The number of unbranched alkanes of at least 4 members (excludes halogenated alkanes) is 2. The van der Waals surface area contributed by atoms with Crippen LogP contribution in [0.25, 0.3) is 0 Å². The summed E-state index contributed by atoms with van der Waals surface area (Å²) in [4.78, 5) is 50.4. The van der Waals surface area contributed by atoms with E-state index in [0.29, 0.717) is 24.9 Å². The van der Waals surface area contributed by atoms with Crippen LogP contribution in [0.1, 0.15) is 57.5 Å². The molecular formula is C24H22Cl4N2O5. The number of rotatable bonds is 9. The lowest BCUT2D eigenvalue weighted by Gasteiger charge is -2.13. The second-order valence-electron chi connectivity index (χ2n) is 8.03. The Morgan fingerprint density at radius 2 is 1.49 bits per heavy atom. The van der Waals surface area contributed by atoms with Gasteiger partial charge in [0.1, 0.15) is 0 Å². The number of benzene rings is 2. The summed E-state index contributed by atoms with van der Waals surface area (Å²) in [5, 5.41) is 2.34. The molecule has 0 atom stereocenters. The smallest absolute Gasteiger partial charge is 0.306 e. The van der Waals surface area contributed by atoms with Gasteiger partial charge in [-0.3, -0.25) is 24.1 Å². The third-order valence-electron chi connectivity index (χ3n) is 5.69. The quantitative estimate of drug-likeness (QED) is 0.129. The van der Waals surface area contributed by atoms with Crippen molar-refractivity contribution in [3.8, 4) is 0 Å². The number of anilines is 1. The summed E-state index contributed by atoms with van der Waals surface area (Å²) in [6.07, 6.45) is 1.55. The second kappa shape index (κ2) is 11.6. The Bertz CT molecular complexity index is 1170. The van der Waals surface area contributed by atoms with Crippen LogP contribution in [0.2, 0.25) is 20.1 Å². The standard InChI is InChI=1S/C24H22Cl4N2O5/c1-12-7-6-8-14(13(12)2)29-15(31)11-35-16(32)9-4-3-5-10-30-23(33)17-18(24(30)34)20(26)22(28)21(27)19(17)25/h6-8H,3-5,9-11H2,1-2H3,(H,29,31). The third kappa shape index (κ3) is 5.92. The minimum atomic E-state index is -0.593. The van der Waals surface area contributed by atoms with E-state index in [-0.39, 0.29) is 50.8 Å². The molecule has 3 amide bonds. The van der Waals surface area contributed by atoms with Gasteiger partial charge in [0.05, 0.1) is 31.2 Å². The highest BCUT2D eigenvalue weighted by Crippen LogP contribution is 2.44. The topological polar surface area (TPSA) is 92.8 Å². The number of ether oxygens (including phenoxy) is 1. The van der Waals surface area contributed by atoms with Crippen molar-refractivity contribution in [3.63, 3.8) is 0 Å². The van der Waals surface area contributed by atoms with Crippen LogP contribution in [-0.4, -0.2) is 41.7 Å². The Kier molecular flexibility index (Phi) is 9.05. The normalized spacial score (nSPS) is 12.7. The number of carbonyl (C=O) groups excluding carboxylic acids is 4. The zero-order valence-corrected chi connectivity index (χ0v) is 22.0. The van der Waals surface area contributed by atoms with Crippen molar-refractivity contribution in [2.45, 2.75) is 39.5 Å². The fraction of sp³-hybridized carbons (Fsp3) is 0.333. The Morgan fingerprint density at radius 3 is 2.09 bits per heavy atom. The van der Waals surface area contributed by atoms with Gasteiger partial charge in [-0.05, 0) is 43.9 Å². The van der Waals surface area contributed by atoms with Gasteiger partial charge in [0, 0.05) is 18.7 Å². The molecule has 0 bridgehead atoms. The van der Waals surface area contributed by atoms with Crippen LogP contribution < -0.4 is 5.32 Å². The van der Waals surface area contributed by atoms with E-state index in [1.807, 2.05) is 26.0 Å². The van der Waals surface area contributed by atoms with Gasteiger partial charge < -0.3 is 10.1 Å². The average Bonchev–Trinajstić information content (AvgIpc) is 3.07. The number of esters is 1. The number of hydrogen-bond acceptors (Lipinski definition) is 5. The van der Waals surface area contributed by atoms with Crippen LogP contribution in [-0.2, 0) is 14.3 Å². The number of nitrogens with zero attached hydrogens (tertiary/aromatic N) is 1. The van der Waals surface area contributed by atoms with E-state index in [1.165, 1.54) is 0 Å². The molecule has 7 nitrogen and oxygen atoms in total. The van der Waals surface area contributed by atoms with Crippen LogP contribution in [0.4, 0.5) is 5.69 Å². The Balaban J connectivity index is 1.41. The number of imide groups is 1. The van der Waals surface area contributed by atoms with Gasteiger partial charge in [-0.15, -0.1) is 0 Å². The Labute approximate surface area is 222 Å². The first kappa shape index (κ1) is 27.3. The molecule has 0 saturated carbocycles. The molecule has 0 aromatic heterocycles. The van der Waals surface area contributed by atoms with Gasteiger partial charge in [0.25, 0.3) is 17.7 Å². The highest BCUT2D eigenvalue weighted by atomic mass is 35.5. The Hall–Kier alpha value is -2.32. The van der Waals surface area contributed by atoms with Crippen LogP contribution in [0.5, 0.6) is 0 Å². The van der Waals surface area contributed by atoms with E-state index >= 15 is 0 Å². The van der Waals surface area contributed by atoms with E-state index in [1.54, 1.807) is 6.07 Å². The summed E-state index contributed by atoms with van der Waals surface area (Å²) in [5.41, 5.74) is 2.55. The molecule has 1 heterocycles. The molecule has 2 aromatic carbocycles. The summed E-state index contributed by atoms with van der Waals surface area (Å²) in [5.74, 6) is -2.12. The summed E-state index contributed by atoms with van der Waals surface area (Å²) in [6.45, 7) is 3.57. The van der Waals surface area contributed by atoms with Gasteiger partial charge in [-0.1, -0.05) is 65.0 Å². The SMILES string of the molecule is Cc1cccc(NC(=O)COC(=O)CCCCCN2C(=O)c3c(Cl)c(Cl)c(Cl)c(Cl)c3C2=O)c1C. The molecule has 186 valence electrons. The molecule has 0 radical (unpaired) electrons.